The molecule has 1 aliphatic heterocycles. The third-order valence-corrected chi connectivity index (χ3v) is 5.47. The number of rotatable bonds is 10. The molecule has 0 spiro atoms. The van der Waals surface area contributed by atoms with Crippen LogP contribution >= 0.6 is 11.3 Å². The molecule has 2 rings (SSSR count). The topological polar surface area (TPSA) is 15.3 Å². The normalized spacial score (nSPS) is 18.0. The maximum absolute atomic E-state index is 3.71. The third-order valence-electron chi connectivity index (χ3n) is 4.50. The number of unbranched alkanes of at least 4 members (excludes halogenated alkanes) is 4. The molecule has 1 aromatic rings. The highest BCUT2D eigenvalue weighted by Gasteiger charge is 2.22. The summed E-state index contributed by atoms with van der Waals surface area (Å²) in [6.07, 6.45) is 11.0. The maximum atomic E-state index is 3.71. The minimum Gasteiger partial charge on any atom is -0.315 e. The van der Waals surface area contributed by atoms with Gasteiger partial charge in [-0.2, -0.15) is 0 Å². The van der Waals surface area contributed by atoms with Crippen LogP contribution in [0.15, 0.2) is 17.5 Å². The molecule has 1 N–H and O–H groups in total. The zero-order valence-electron chi connectivity index (χ0n) is 13.7. The van der Waals surface area contributed by atoms with Crippen molar-refractivity contribution >= 4 is 11.3 Å². The number of likely N-dealkylation sites (tertiary alicyclic amines) is 1. The van der Waals surface area contributed by atoms with Crippen molar-refractivity contribution in [1.82, 2.24) is 10.2 Å². The summed E-state index contributed by atoms with van der Waals surface area (Å²) in [6.45, 7) is 7.14. The van der Waals surface area contributed by atoms with E-state index in [9.17, 15) is 0 Å². The van der Waals surface area contributed by atoms with Crippen LogP contribution in [0.3, 0.4) is 0 Å². The summed E-state index contributed by atoms with van der Waals surface area (Å²) in [5.41, 5.74) is 0. The lowest BCUT2D eigenvalue weighted by atomic mass is 10.1. The van der Waals surface area contributed by atoms with Crippen molar-refractivity contribution < 1.29 is 0 Å². The van der Waals surface area contributed by atoms with Gasteiger partial charge in [0.05, 0.1) is 6.04 Å². The van der Waals surface area contributed by atoms with Gasteiger partial charge in [0, 0.05) is 11.4 Å². The summed E-state index contributed by atoms with van der Waals surface area (Å²) in [4.78, 5) is 4.23. The van der Waals surface area contributed by atoms with Gasteiger partial charge in [-0.05, 0) is 50.3 Å². The molecule has 0 aromatic carbocycles. The second-order valence-electron chi connectivity index (χ2n) is 6.25. The fraction of sp³-hybridized carbons (Fsp3) is 0.778. The number of piperidine rings is 1. The van der Waals surface area contributed by atoms with E-state index >= 15 is 0 Å². The Morgan fingerprint density at radius 2 is 1.95 bits per heavy atom. The van der Waals surface area contributed by atoms with E-state index in [1.165, 1.54) is 75.9 Å². The lowest BCUT2D eigenvalue weighted by Crippen LogP contribution is -2.39. The molecular weight excluding hydrogens is 276 g/mol. The Balaban J connectivity index is 1.72. The molecule has 0 saturated carbocycles. The van der Waals surface area contributed by atoms with Gasteiger partial charge in [-0.15, -0.1) is 11.3 Å². The van der Waals surface area contributed by atoms with Gasteiger partial charge in [-0.1, -0.05) is 45.1 Å². The van der Waals surface area contributed by atoms with Crippen molar-refractivity contribution in [1.29, 1.82) is 0 Å². The summed E-state index contributed by atoms with van der Waals surface area (Å²) in [5.74, 6) is 0. The van der Waals surface area contributed by atoms with Crippen molar-refractivity contribution in [2.75, 3.05) is 26.2 Å². The van der Waals surface area contributed by atoms with Crippen molar-refractivity contribution in [2.24, 2.45) is 0 Å². The first-order valence-corrected chi connectivity index (χ1v) is 9.78. The Morgan fingerprint density at radius 1 is 1.14 bits per heavy atom. The average molecular weight is 309 g/mol. The first-order valence-electron chi connectivity index (χ1n) is 8.90. The second kappa shape index (κ2) is 10.4. The fourth-order valence-corrected chi connectivity index (χ4v) is 4.07. The first kappa shape index (κ1) is 17.0. The molecule has 0 aliphatic carbocycles. The Bertz CT molecular complexity index is 344. The van der Waals surface area contributed by atoms with Crippen LogP contribution in [0.5, 0.6) is 0 Å². The fourth-order valence-electron chi connectivity index (χ4n) is 3.21. The van der Waals surface area contributed by atoms with Crippen LogP contribution in [0.1, 0.15) is 69.2 Å². The molecule has 2 heterocycles. The van der Waals surface area contributed by atoms with Crippen LogP contribution in [-0.2, 0) is 0 Å². The highest BCUT2D eigenvalue weighted by atomic mass is 32.1. The summed E-state index contributed by atoms with van der Waals surface area (Å²) in [5, 5.41) is 5.93. The predicted octanol–water partition coefficient (Wildman–Crippen LogP) is 4.84. The van der Waals surface area contributed by atoms with Gasteiger partial charge >= 0.3 is 0 Å². The molecule has 1 aliphatic rings. The van der Waals surface area contributed by atoms with Crippen molar-refractivity contribution in [2.45, 2.75) is 64.3 Å². The molecule has 1 saturated heterocycles. The van der Waals surface area contributed by atoms with E-state index in [1.807, 2.05) is 11.3 Å². The smallest absolute Gasteiger partial charge is 0.0566 e. The minimum absolute atomic E-state index is 0.598. The molecule has 0 radical (unpaired) electrons. The van der Waals surface area contributed by atoms with Crippen molar-refractivity contribution in [3.05, 3.63) is 22.4 Å². The number of hydrogen-bond acceptors (Lipinski definition) is 3. The first-order chi connectivity index (χ1) is 10.4. The van der Waals surface area contributed by atoms with Crippen molar-refractivity contribution in [3.63, 3.8) is 0 Å². The molecule has 120 valence electrons. The molecular formula is C18H32N2S. The zero-order chi connectivity index (χ0) is 14.8. The van der Waals surface area contributed by atoms with Crippen LogP contribution in [0.2, 0.25) is 0 Å². The summed E-state index contributed by atoms with van der Waals surface area (Å²) >= 11 is 1.92. The predicted molar refractivity (Wildman–Crippen MR) is 94.1 cm³/mol. The Kier molecular flexibility index (Phi) is 8.38. The minimum atomic E-state index is 0.598. The lowest BCUT2D eigenvalue weighted by Gasteiger charge is -2.34. The third kappa shape index (κ3) is 6.09. The molecule has 21 heavy (non-hydrogen) atoms. The van der Waals surface area contributed by atoms with Crippen LogP contribution in [0.4, 0.5) is 0 Å². The van der Waals surface area contributed by atoms with E-state index in [0.29, 0.717) is 6.04 Å². The highest BCUT2D eigenvalue weighted by molar-refractivity contribution is 7.10. The average Bonchev–Trinajstić information content (AvgIpc) is 3.05. The molecule has 0 bridgehead atoms. The van der Waals surface area contributed by atoms with E-state index in [4.69, 9.17) is 0 Å². The summed E-state index contributed by atoms with van der Waals surface area (Å²) < 4.78 is 0. The number of nitrogens with one attached hydrogen (secondary N) is 1. The molecule has 1 fully saturated rings. The molecule has 2 nitrogen and oxygen atoms in total. The van der Waals surface area contributed by atoms with Crippen molar-refractivity contribution in [3.8, 4) is 0 Å². The van der Waals surface area contributed by atoms with E-state index in [0.717, 1.165) is 6.54 Å². The van der Waals surface area contributed by atoms with Gasteiger partial charge in [0.25, 0.3) is 0 Å². The van der Waals surface area contributed by atoms with Gasteiger partial charge in [0.2, 0.25) is 0 Å². The summed E-state index contributed by atoms with van der Waals surface area (Å²) in [7, 11) is 0. The Hall–Kier alpha value is -0.380. The van der Waals surface area contributed by atoms with Crippen LogP contribution in [0, 0.1) is 0 Å². The SMILES string of the molecule is CCCCCCCNCC(c1cccs1)N1CCCCC1. The second-order valence-corrected chi connectivity index (χ2v) is 7.23. The molecule has 0 amide bonds. The van der Waals surface area contributed by atoms with Crippen LogP contribution in [0.25, 0.3) is 0 Å². The quantitative estimate of drug-likeness (QED) is 0.622. The standard InChI is InChI=1S/C18H32N2S/c1-2-3-4-5-7-12-19-16-17(18-11-10-15-21-18)20-13-8-6-9-14-20/h10-11,15,17,19H,2-9,12-14,16H2,1H3. The van der Waals surface area contributed by atoms with E-state index in [1.54, 1.807) is 0 Å². The number of hydrogen-bond donors (Lipinski definition) is 1. The largest absolute Gasteiger partial charge is 0.315 e. The van der Waals surface area contributed by atoms with Gasteiger partial charge < -0.3 is 5.32 Å². The van der Waals surface area contributed by atoms with E-state index < -0.39 is 0 Å². The van der Waals surface area contributed by atoms with Crippen LogP contribution < -0.4 is 5.32 Å². The van der Waals surface area contributed by atoms with Gasteiger partial charge in [-0.3, -0.25) is 4.90 Å². The van der Waals surface area contributed by atoms with E-state index in [2.05, 4.69) is 34.7 Å². The molecule has 1 unspecified atom stereocenters. The summed E-state index contributed by atoms with van der Waals surface area (Å²) in [6, 6.07) is 5.11. The molecule has 1 aromatic heterocycles. The Labute approximate surface area is 134 Å². The van der Waals surface area contributed by atoms with Crippen LogP contribution in [-0.4, -0.2) is 31.1 Å². The zero-order valence-corrected chi connectivity index (χ0v) is 14.5. The maximum Gasteiger partial charge on any atom is 0.0566 e. The number of nitrogens with zero attached hydrogens (tertiary/aromatic N) is 1. The molecule has 1 atom stereocenters. The number of thiophene rings is 1. The monoisotopic (exact) mass is 308 g/mol. The van der Waals surface area contributed by atoms with Gasteiger partial charge in [0.1, 0.15) is 0 Å². The van der Waals surface area contributed by atoms with E-state index in [-0.39, 0.29) is 0 Å². The highest BCUT2D eigenvalue weighted by Crippen LogP contribution is 2.27. The molecule has 3 heteroatoms. The lowest BCUT2D eigenvalue weighted by molar-refractivity contribution is 0.162. The van der Waals surface area contributed by atoms with Gasteiger partial charge in [0.15, 0.2) is 0 Å². The van der Waals surface area contributed by atoms with Gasteiger partial charge in [-0.25, -0.2) is 0 Å². The Morgan fingerprint density at radius 3 is 2.67 bits per heavy atom.